The van der Waals surface area contributed by atoms with Gasteiger partial charge < -0.3 is 15.4 Å². The van der Waals surface area contributed by atoms with Crippen LogP contribution in [-0.4, -0.2) is 55.2 Å². The number of primary amides is 1. The van der Waals surface area contributed by atoms with Gasteiger partial charge in [-0.3, -0.25) is 19.1 Å². The molecule has 0 bridgehead atoms. The van der Waals surface area contributed by atoms with Crippen LogP contribution in [0.15, 0.2) is 24.3 Å². The van der Waals surface area contributed by atoms with Crippen LogP contribution >= 0.6 is 0 Å². The van der Waals surface area contributed by atoms with Crippen LogP contribution in [-0.2, 0) is 30.4 Å². The summed E-state index contributed by atoms with van der Waals surface area (Å²) in [4.78, 5) is 35.5. The predicted octanol–water partition coefficient (Wildman–Crippen LogP) is 0.772. The molecule has 1 aliphatic heterocycles. The minimum Gasteiger partial charge on any atom is -0.445 e. The van der Waals surface area contributed by atoms with Crippen LogP contribution < -0.4 is 5.73 Å². The zero-order valence-corrected chi connectivity index (χ0v) is 16.4. The van der Waals surface area contributed by atoms with Gasteiger partial charge in [0.1, 0.15) is 6.61 Å². The second kappa shape index (κ2) is 7.95. The Morgan fingerprint density at radius 3 is 2.45 bits per heavy atom. The van der Waals surface area contributed by atoms with Gasteiger partial charge in [-0.1, -0.05) is 0 Å². The largest absolute Gasteiger partial charge is 0.445 e. The molecule has 4 atom stereocenters. The number of amides is 2. The van der Waals surface area contributed by atoms with Gasteiger partial charge in [-0.25, -0.2) is 4.79 Å². The van der Waals surface area contributed by atoms with Crippen molar-refractivity contribution in [1.29, 1.82) is 0 Å². The van der Waals surface area contributed by atoms with Gasteiger partial charge in [0.05, 0.1) is 23.8 Å². The smallest absolute Gasteiger partial charge is 0.410 e. The third-order valence-corrected chi connectivity index (χ3v) is 5.68. The van der Waals surface area contributed by atoms with Crippen molar-refractivity contribution in [1.82, 2.24) is 4.90 Å². The van der Waals surface area contributed by atoms with E-state index in [2.05, 4.69) is 0 Å². The van der Waals surface area contributed by atoms with Crippen molar-refractivity contribution in [2.75, 3.05) is 12.8 Å². The Bertz CT molecular complexity index is 917. The fourth-order valence-corrected chi connectivity index (χ4v) is 4.30. The Kier molecular flexibility index (Phi) is 5.75. The van der Waals surface area contributed by atoms with E-state index in [-0.39, 0.29) is 37.1 Å². The van der Waals surface area contributed by atoms with Crippen LogP contribution in [0.5, 0.6) is 0 Å². The van der Waals surface area contributed by atoms with Crippen molar-refractivity contribution in [2.45, 2.75) is 31.6 Å². The van der Waals surface area contributed by atoms with Gasteiger partial charge in [0, 0.05) is 24.1 Å². The number of likely N-dealkylation sites (tertiary alicyclic amines) is 1. The lowest BCUT2D eigenvalue weighted by molar-refractivity contribution is -0.384. The molecule has 1 aromatic rings. The highest BCUT2D eigenvalue weighted by Gasteiger charge is 2.53. The maximum Gasteiger partial charge on any atom is 0.410 e. The molecule has 2 amide bonds. The van der Waals surface area contributed by atoms with Crippen molar-refractivity contribution in [3.05, 3.63) is 39.9 Å². The lowest BCUT2D eigenvalue weighted by atomic mass is 10.1. The summed E-state index contributed by atoms with van der Waals surface area (Å²) < 4.78 is 33.2. The third kappa shape index (κ3) is 5.21. The molecule has 11 nitrogen and oxygen atoms in total. The number of nitrogens with zero attached hydrogens (tertiary/aromatic N) is 2. The third-order valence-electron chi connectivity index (χ3n) is 5.06. The fraction of sp³-hybridized carbons (Fsp3) is 0.529. The number of hydrogen-bond acceptors (Lipinski definition) is 8. The number of nitro benzene ring substituents is 1. The molecule has 1 aliphatic carbocycles. The lowest BCUT2D eigenvalue weighted by Crippen LogP contribution is -2.38. The first kappa shape index (κ1) is 21.0. The Labute approximate surface area is 167 Å². The van der Waals surface area contributed by atoms with E-state index in [1.54, 1.807) is 0 Å². The standard InChI is InChI=1S/C17H21N3O8S/c1-29(25,26)28-12-6-15(13-7-14(13)16(18)21)19(8-12)17(22)27-9-10-2-4-11(5-3-10)20(23)24/h2-5,12-15H,6-9H2,1H3,(H2,18,21)/t12-,13-,14-,15+/m1/s1. The molecule has 3 rings (SSSR count). The molecule has 158 valence electrons. The molecule has 2 N–H and O–H groups in total. The Morgan fingerprint density at radius 2 is 1.93 bits per heavy atom. The van der Waals surface area contributed by atoms with E-state index in [0.717, 1.165) is 6.26 Å². The van der Waals surface area contributed by atoms with Crippen LogP contribution in [0.1, 0.15) is 18.4 Å². The van der Waals surface area contributed by atoms with Gasteiger partial charge in [-0.2, -0.15) is 8.42 Å². The number of nitro groups is 1. The van der Waals surface area contributed by atoms with Gasteiger partial charge in [0.2, 0.25) is 5.91 Å². The maximum atomic E-state index is 12.6. The van der Waals surface area contributed by atoms with Crippen LogP contribution in [0, 0.1) is 22.0 Å². The average molecular weight is 427 g/mol. The van der Waals surface area contributed by atoms with Crippen molar-refractivity contribution >= 4 is 27.8 Å². The first-order chi connectivity index (χ1) is 13.5. The van der Waals surface area contributed by atoms with E-state index in [9.17, 15) is 28.1 Å². The molecule has 29 heavy (non-hydrogen) atoms. The highest BCUT2D eigenvalue weighted by Crippen LogP contribution is 2.46. The van der Waals surface area contributed by atoms with Crippen molar-refractivity contribution in [3.63, 3.8) is 0 Å². The summed E-state index contributed by atoms with van der Waals surface area (Å²) in [6, 6.07) is 5.15. The molecule has 0 radical (unpaired) electrons. The summed E-state index contributed by atoms with van der Waals surface area (Å²) in [5, 5.41) is 10.7. The summed E-state index contributed by atoms with van der Waals surface area (Å²) in [6.07, 6.45) is 0.311. The molecule has 2 fully saturated rings. The molecule has 1 heterocycles. The van der Waals surface area contributed by atoms with Crippen LogP contribution in [0.2, 0.25) is 0 Å². The van der Waals surface area contributed by atoms with Gasteiger partial charge in [-0.05, 0) is 36.5 Å². The fourth-order valence-electron chi connectivity index (χ4n) is 3.67. The minimum atomic E-state index is -3.71. The molecule has 1 saturated carbocycles. The van der Waals surface area contributed by atoms with Crippen molar-refractivity contribution in [2.24, 2.45) is 17.6 Å². The molecule has 0 unspecified atom stereocenters. The Morgan fingerprint density at radius 1 is 1.28 bits per heavy atom. The predicted molar refractivity (Wildman–Crippen MR) is 98.9 cm³/mol. The van der Waals surface area contributed by atoms with Crippen molar-refractivity contribution in [3.8, 4) is 0 Å². The zero-order valence-electron chi connectivity index (χ0n) is 15.6. The summed E-state index contributed by atoms with van der Waals surface area (Å²) in [5.74, 6) is -0.976. The summed E-state index contributed by atoms with van der Waals surface area (Å²) in [7, 11) is -3.71. The number of nitrogens with two attached hydrogens (primary N) is 1. The normalized spacial score (nSPS) is 26.2. The lowest BCUT2D eigenvalue weighted by Gasteiger charge is -2.24. The maximum absolute atomic E-state index is 12.6. The number of hydrogen-bond donors (Lipinski definition) is 1. The molecule has 0 aromatic heterocycles. The minimum absolute atomic E-state index is 0.0127. The van der Waals surface area contributed by atoms with E-state index in [4.69, 9.17) is 14.7 Å². The zero-order chi connectivity index (χ0) is 21.3. The van der Waals surface area contributed by atoms with Crippen molar-refractivity contribution < 1.29 is 31.9 Å². The summed E-state index contributed by atoms with van der Waals surface area (Å²) >= 11 is 0. The second-order valence-electron chi connectivity index (χ2n) is 7.26. The van der Waals surface area contributed by atoms with Crippen LogP contribution in [0.25, 0.3) is 0 Å². The number of carbonyl (C=O) groups is 2. The highest BCUT2D eigenvalue weighted by atomic mass is 32.2. The average Bonchev–Trinajstić information content (AvgIpc) is 3.33. The molecule has 1 aromatic carbocycles. The number of ether oxygens (including phenoxy) is 1. The quantitative estimate of drug-likeness (QED) is 0.379. The molecule has 0 spiro atoms. The highest BCUT2D eigenvalue weighted by molar-refractivity contribution is 7.86. The number of non-ortho nitro benzene ring substituents is 1. The van der Waals surface area contributed by atoms with Crippen LogP contribution in [0.4, 0.5) is 10.5 Å². The Balaban J connectivity index is 1.65. The van der Waals surface area contributed by atoms with Gasteiger partial charge in [0.15, 0.2) is 0 Å². The molecule has 2 aliphatic rings. The number of rotatable bonds is 7. The Hall–Kier alpha value is -2.73. The summed E-state index contributed by atoms with van der Waals surface area (Å²) in [5.41, 5.74) is 5.82. The SMILES string of the molecule is CS(=O)(=O)O[C@@H]1C[C@@H]([C@@H]2C[C@H]2C(N)=O)N(C(=O)OCc2ccc([N+](=O)[O-])cc2)C1. The molecular formula is C17H21N3O8S. The van der Waals surface area contributed by atoms with Gasteiger partial charge >= 0.3 is 6.09 Å². The molecular weight excluding hydrogens is 406 g/mol. The van der Waals surface area contributed by atoms with E-state index in [1.165, 1.54) is 29.2 Å². The van der Waals surface area contributed by atoms with E-state index in [1.807, 2.05) is 0 Å². The summed E-state index contributed by atoms with van der Waals surface area (Å²) in [6.45, 7) is -0.0968. The monoisotopic (exact) mass is 427 g/mol. The van der Waals surface area contributed by atoms with E-state index in [0.29, 0.717) is 12.0 Å². The van der Waals surface area contributed by atoms with Gasteiger partial charge in [-0.15, -0.1) is 0 Å². The number of carbonyl (C=O) groups excluding carboxylic acids is 2. The number of benzene rings is 1. The first-order valence-corrected chi connectivity index (χ1v) is 10.7. The first-order valence-electron chi connectivity index (χ1n) is 8.89. The second-order valence-corrected chi connectivity index (χ2v) is 8.87. The van der Waals surface area contributed by atoms with Crippen LogP contribution in [0.3, 0.4) is 0 Å². The van der Waals surface area contributed by atoms with Gasteiger partial charge in [0.25, 0.3) is 15.8 Å². The molecule has 1 saturated heterocycles. The topological polar surface area (TPSA) is 159 Å². The van der Waals surface area contributed by atoms with E-state index < -0.39 is 39.2 Å². The molecule has 12 heteroatoms. The van der Waals surface area contributed by atoms with E-state index >= 15 is 0 Å².